The van der Waals surface area contributed by atoms with Crippen LogP contribution in [0, 0.1) is 24.7 Å². The molecule has 2 aliphatic rings. The van der Waals surface area contributed by atoms with Gasteiger partial charge in [-0.05, 0) is 50.4 Å². The molecular formula is C18H29N3OS. The molecular weight excluding hydrogens is 306 g/mol. The summed E-state index contributed by atoms with van der Waals surface area (Å²) in [6.07, 6.45) is 6.75. The minimum Gasteiger partial charge on any atom is -0.348 e. The van der Waals surface area contributed by atoms with Crippen molar-refractivity contribution in [3.05, 3.63) is 15.6 Å². The lowest BCUT2D eigenvalue weighted by molar-refractivity contribution is 0.0759. The Morgan fingerprint density at radius 1 is 1.35 bits per heavy atom. The van der Waals surface area contributed by atoms with Gasteiger partial charge in [0, 0.05) is 18.5 Å². The SMILES string of the molecule is Cc1nc(CC(C)C)sc1C(=O)NC1C2CCCC1CC(N)C2. The molecule has 128 valence electrons. The number of aromatic nitrogens is 1. The van der Waals surface area contributed by atoms with Crippen LogP contribution in [0.25, 0.3) is 0 Å². The quantitative estimate of drug-likeness (QED) is 0.887. The summed E-state index contributed by atoms with van der Waals surface area (Å²) in [4.78, 5) is 18.2. The summed E-state index contributed by atoms with van der Waals surface area (Å²) in [5, 5.41) is 4.42. The van der Waals surface area contributed by atoms with E-state index in [2.05, 4.69) is 24.1 Å². The number of carbonyl (C=O) groups is 1. The van der Waals surface area contributed by atoms with Crippen molar-refractivity contribution >= 4 is 17.2 Å². The van der Waals surface area contributed by atoms with Crippen molar-refractivity contribution in [1.82, 2.24) is 10.3 Å². The Bertz CT molecular complexity index is 555. The number of nitrogens with one attached hydrogen (secondary N) is 1. The van der Waals surface area contributed by atoms with Gasteiger partial charge in [-0.15, -0.1) is 11.3 Å². The Labute approximate surface area is 143 Å². The van der Waals surface area contributed by atoms with Crippen LogP contribution in [0.4, 0.5) is 0 Å². The zero-order valence-electron chi connectivity index (χ0n) is 14.5. The van der Waals surface area contributed by atoms with E-state index in [1.165, 1.54) is 19.3 Å². The van der Waals surface area contributed by atoms with E-state index in [9.17, 15) is 4.79 Å². The van der Waals surface area contributed by atoms with Gasteiger partial charge < -0.3 is 11.1 Å². The zero-order chi connectivity index (χ0) is 16.6. The summed E-state index contributed by atoms with van der Waals surface area (Å²) in [5.74, 6) is 1.76. The van der Waals surface area contributed by atoms with Gasteiger partial charge in [0.05, 0.1) is 10.7 Å². The summed E-state index contributed by atoms with van der Waals surface area (Å²) in [6.45, 7) is 6.32. The van der Waals surface area contributed by atoms with Crippen LogP contribution in [0.1, 0.15) is 66.3 Å². The highest BCUT2D eigenvalue weighted by Gasteiger charge is 2.40. The number of nitrogens with zero attached hydrogens (tertiary/aromatic N) is 1. The molecule has 2 fully saturated rings. The molecule has 1 aromatic heterocycles. The monoisotopic (exact) mass is 335 g/mol. The smallest absolute Gasteiger partial charge is 0.263 e. The number of amides is 1. The Morgan fingerprint density at radius 2 is 2.00 bits per heavy atom. The first-order valence-electron chi connectivity index (χ1n) is 8.96. The number of nitrogens with two attached hydrogens (primary N) is 1. The van der Waals surface area contributed by atoms with E-state index in [0.29, 0.717) is 29.8 Å². The summed E-state index contributed by atoms with van der Waals surface area (Å²) < 4.78 is 0. The molecule has 2 saturated carbocycles. The summed E-state index contributed by atoms with van der Waals surface area (Å²) in [5.41, 5.74) is 7.06. The van der Waals surface area contributed by atoms with E-state index >= 15 is 0 Å². The molecule has 2 bridgehead atoms. The lowest BCUT2D eigenvalue weighted by Crippen LogP contribution is -2.53. The largest absolute Gasteiger partial charge is 0.348 e. The molecule has 0 radical (unpaired) electrons. The second-order valence-corrected chi connectivity index (χ2v) is 8.89. The number of thiazole rings is 1. The van der Waals surface area contributed by atoms with Gasteiger partial charge in [-0.2, -0.15) is 0 Å². The minimum absolute atomic E-state index is 0.0763. The fraction of sp³-hybridized carbons (Fsp3) is 0.778. The lowest BCUT2D eigenvalue weighted by Gasteiger charge is -2.45. The highest BCUT2D eigenvalue weighted by molar-refractivity contribution is 7.13. The number of fused-ring (bicyclic) bond motifs is 2. The Balaban J connectivity index is 1.70. The number of rotatable bonds is 4. The van der Waals surface area contributed by atoms with Crippen molar-refractivity contribution in [2.45, 2.75) is 71.4 Å². The van der Waals surface area contributed by atoms with Crippen molar-refractivity contribution in [2.24, 2.45) is 23.5 Å². The van der Waals surface area contributed by atoms with Gasteiger partial charge in [0.15, 0.2) is 0 Å². The number of carbonyl (C=O) groups excluding carboxylic acids is 1. The predicted molar refractivity (Wildman–Crippen MR) is 94.7 cm³/mol. The van der Waals surface area contributed by atoms with Crippen molar-refractivity contribution in [1.29, 1.82) is 0 Å². The second-order valence-electron chi connectivity index (χ2n) is 7.80. The minimum atomic E-state index is 0.0763. The van der Waals surface area contributed by atoms with Crippen LogP contribution < -0.4 is 11.1 Å². The van der Waals surface area contributed by atoms with Gasteiger partial charge in [-0.3, -0.25) is 4.79 Å². The van der Waals surface area contributed by atoms with Crippen molar-refractivity contribution in [3.8, 4) is 0 Å². The van der Waals surface area contributed by atoms with Crippen molar-refractivity contribution in [3.63, 3.8) is 0 Å². The fourth-order valence-corrected chi connectivity index (χ4v) is 5.52. The fourth-order valence-electron chi connectivity index (χ4n) is 4.34. The molecule has 4 nitrogen and oxygen atoms in total. The van der Waals surface area contributed by atoms with Gasteiger partial charge in [0.1, 0.15) is 4.88 Å². The number of hydrogen-bond donors (Lipinski definition) is 2. The molecule has 0 saturated heterocycles. The third-order valence-corrected chi connectivity index (χ3v) is 6.48. The molecule has 1 heterocycles. The molecule has 0 spiro atoms. The van der Waals surface area contributed by atoms with Crippen LogP contribution in [0.5, 0.6) is 0 Å². The molecule has 2 atom stereocenters. The Hall–Kier alpha value is -0.940. The van der Waals surface area contributed by atoms with Gasteiger partial charge >= 0.3 is 0 Å². The third kappa shape index (κ3) is 3.77. The number of aryl methyl sites for hydroxylation is 1. The summed E-state index contributed by atoms with van der Waals surface area (Å²) >= 11 is 1.57. The topological polar surface area (TPSA) is 68.0 Å². The Morgan fingerprint density at radius 3 is 2.61 bits per heavy atom. The van der Waals surface area contributed by atoms with Crippen molar-refractivity contribution < 1.29 is 4.79 Å². The van der Waals surface area contributed by atoms with Crippen LogP contribution in [-0.4, -0.2) is 23.0 Å². The molecule has 2 unspecified atom stereocenters. The highest BCUT2D eigenvalue weighted by atomic mass is 32.1. The van der Waals surface area contributed by atoms with Crippen LogP contribution in [0.3, 0.4) is 0 Å². The van der Waals surface area contributed by atoms with Crippen LogP contribution in [0.15, 0.2) is 0 Å². The molecule has 2 aliphatic carbocycles. The molecule has 3 N–H and O–H groups in total. The van der Waals surface area contributed by atoms with E-state index in [1.54, 1.807) is 11.3 Å². The summed E-state index contributed by atoms with van der Waals surface area (Å²) in [6, 6.07) is 0.632. The normalized spacial score (nSPS) is 30.5. The van der Waals surface area contributed by atoms with Crippen LogP contribution in [-0.2, 0) is 6.42 Å². The maximum Gasteiger partial charge on any atom is 0.263 e. The van der Waals surface area contributed by atoms with Crippen LogP contribution in [0.2, 0.25) is 0 Å². The molecule has 23 heavy (non-hydrogen) atoms. The first-order valence-corrected chi connectivity index (χ1v) is 9.78. The Kier molecular flexibility index (Phi) is 5.07. The van der Waals surface area contributed by atoms with Crippen LogP contribution >= 0.6 is 11.3 Å². The van der Waals surface area contributed by atoms with Crippen molar-refractivity contribution in [2.75, 3.05) is 0 Å². The summed E-state index contributed by atoms with van der Waals surface area (Å²) in [7, 11) is 0. The van der Waals surface area contributed by atoms with E-state index in [4.69, 9.17) is 5.73 Å². The molecule has 1 amide bonds. The third-order valence-electron chi connectivity index (χ3n) is 5.30. The van der Waals surface area contributed by atoms with E-state index < -0.39 is 0 Å². The average molecular weight is 336 g/mol. The molecule has 3 rings (SSSR count). The first kappa shape index (κ1) is 16.9. The zero-order valence-corrected chi connectivity index (χ0v) is 15.3. The second kappa shape index (κ2) is 6.89. The maximum atomic E-state index is 12.8. The highest BCUT2D eigenvalue weighted by Crippen LogP contribution is 2.40. The lowest BCUT2D eigenvalue weighted by atomic mass is 9.67. The van der Waals surface area contributed by atoms with E-state index in [1.807, 2.05) is 6.92 Å². The average Bonchev–Trinajstić information content (AvgIpc) is 2.79. The molecule has 0 aliphatic heterocycles. The van der Waals surface area contributed by atoms with Gasteiger partial charge in [-0.1, -0.05) is 20.3 Å². The van der Waals surface area contributed by atoms with Gasteiger partial charge in [0.25, 0.3) is 5.91 Å². The predicted octanol–water partition coefficient (Wildman–Crippen LogP) is 3.29. The first-order chi connectivity index (χ1) is 10.9. The maximum absolute atomic E-state index is 12.8. The van der Waals surface area contributed by atoms with E-state index in [0.717, 1.165) is 34.8 Å². The molecule has 0 aromatic carbocycles. The molecule has 1 aromatic rings. The standard InChI is InChI=1S/C18H29N3OS/c1-10(2)7-15-20-11(3)17(23-15)18(22)21-16-12-5-4-6-13(16)9-14(19)8-12/h10,12-14,16H,4-9,19H2,1-3H3,(H,21,22). The number of hydrogen-bond acceptors (Lipinski definition) is 4. The van der Waals surface area contributed by atoms with E-state index in [-0.39, 0.29) is 5.91 Å². The molecule has 5 heteroatoms. The van der Waals surface area contributed by atoms with Gasteiger partial charge in [-0.25, -0.2) is 4.98 Å². The van der Waals surface area contributed by atoms with Gasteiger partial charge in [0.2, 0.25) is 0 Å².